The molecule has 0 atom stereocenters. The first kappa shape index (κ1) is 14.9. The van der Waals surface area contributed by atoms with Crippen LogP contribution in [0.4, 0.5) is 5.13 Å². The number of nitrogens with zero attached hydrogens (tertiary/aromatic N) is 2. The number of thiazole rings is 1. The number of hydrogen-bond acceptors (Lipinski definition) is 6. The summed E-state index contributed by atoms with van der Waals surface area (Å²) in [6, 6.07) is 0. The number of anilines is 1. The summed E-state index contributed by atoms with van der Waals surface area (Å²) in [5.41, 5.74) is 0. The van der Waals surface area contributed by atoms with Crippen LogP contribution >= 0.6 is 23.1 Å². The summed E-state index contributed by atoms with van der Waals surface area (Å²) in [6.07, 6.45) is 2.70. The second-order valence-electron chi connectivity index (χ2n) is 5.01. The summed E-state index contributed by atoms with van der Waals surface area (Å²) >= 11 is 3.78. The van der Waals surface area contributed by atoms with Crippen molar-refractivity contribution in [3.63, 3.8) is 0 Å². The average Bonchev–Trinajstić information content (AvgIpc) is 2.83. The lowest BCUT2D eigenvalue weighted by Gasteiger charge is -2.21. The Bertz CT molecular complexity index is 389. The van der Waals surface area contributed by atoms with Gasteiger partial charge in [-0.05, 0) is 36.8 Å². The first-order valence-electron chi connectivity index (χ1n) is 6.70. The number of methoxy groups -OCH3 is 1. The van der Waals surface area contributed by atoms with E-state index >= 15 is 0 Å². The SMILES string of the molecule is COc1nc(N(C)C)sc1CNCC1CCSCC1. The molecule has 0 radical (unpaired) electrons. The van der Waals surface area contributed by atoms with E-state index in [1.54, 1.807) is 18.4 Å². The van der Waals surface area contributed by atoms with Crippen molar-refractivity contribution in [2.75, 3.05) is 44.2 Å². The molecule has 0 aliphatic carbocycles. The van der Waals surface area contributed by atoms with E-state index < -0.39 is 0 Å². The summed E-state index contributed by atoms with van der Waals surface area (Å²) < 4.78 is 5.35. The minimum absolute atomic E-state index is 0.764. The van der Waals surface area contributed by atoms with Gasteiger partial charge in [0.05, 0.1) is 12.0 Å². The highest BCUT2D eigenvalue weighted by Gasteiger charge is 2.15. The standard InChI is InChI=1S/C13H23N3OS2/c1-16(2)13-15-12(17-3)11(19-13)9-14-8-10-4-6-18-7-5-10/h10,14H,4-9H2,1-3H3. The molecule has 0 unspecified atom stereocenters. The van der Waals surface area contributed by atoms with Crippen molar-refractivity contribution in [2.24, 2.45) is 5.92 Å². The molecule has 0 amide bonds. The van der Waals surface area contributed by atoms with Gasteiger partial charge in [-0.25, -0.2) is 0 Å². The van der Waals surface area contributed by atoms with Crippen LogP contribution in [0.1, 0.15) is 17.7 Å². The summed E-state index contributed by atoms with van der Waals surface area (Å²) in [4.78, 5) is 7.69. The Balaban J connectivity index is 1.84. The third-order valence-electron chi connectivity index (χ3n) is 3.29. The predicted molar refractivity (Wildman–Crippen MR) is 84.7 cm³/mol. The Labute approximate surface area is 123 Å². The van der Waals surface area contributed by atoms with Gasteiger partial charge in [0.1, 0.15) is 0 Å². The van der Waals surface area contributed by atoms with Gasteiger partial charge in [-0.3, -0.25) is 0 Å². The maximum absolute atomic E-state index is 5.35. The largest absolute Gasteiger partial charge is 0.480 e. The van der Waals surface area contributed by atoms with Crippen LogP contribution in [0.5, 0.6) is 5.88 Å². The van der Waals surface area contributed by atoms with E-state index in [-0.39, 0.29) is 0 Å². The maximum atomic E-state index is 5.35. The third-order valence-corrected chi connectivity index (χ3v) is 5.54. The highest BCUT2D eigenvalue weighted by Crippen LogP contribution is 2.30. The highest BCUT2D eigenvalue weighted by atomic mass is 32.2. The zero-order valence-corrected chi connectivity index (χ0v) is 13.6. The van der Waals surface area contributed by atoms with Gasteiger partial charge >= 0.3 is 0 Å². The van der Waals surface area contributed by atoms with E-state index in [0.717, 1.165) is 30.0 Å². The fraction of sp³-hybridized carbons (Fsp3) is 0.769. The minimum atomic E-state index is 0.764. The summed E-state index contributed by atoms with van der Waals surface area (Å²) in [7, 11) is 5.71. The lowest BCUT2D eigenvalue weighted by Crippen LogP contribution is -2.25. The van der Waals surface area contributed by atoms with E-state index in [1.807, 2.05) is 19.0 Å². The number of hydrogen-bond donors (Lipinski definition) is 1. The molecule has 19 heavy (non-hydrogen) atoms. The van der Waals surface area contributed by atoms with E-state index in [2.05, 4.69) is 22.1 Å². The molecule has 1 aliphatic heterocycles. The van der Waals surface area contributed by atoms with Crippen LogP contribution in [0.2, 0.25) is 0 Å². The third kappa shape index (κ3) is 4.26. The fourth-order valence-electron chi connectivity index (χ4n) is 2.13. The molecule has 1 aromatic rings. The lowest BCUT2D eigenvalue weighted by molar-refractivity contribution is 0.391. The molecule has 1 fully saturated rings. The molecule has 6 heteroatoms. The second-order valence-corrected chi connectivity index (χ2v) is 7.30. The van der Waals surface area contributed by atoms with Crippen molar-refractivity contribution < 1.29 is 4.74 Å². The Hall–Kier alpha value is -0.460. The van der Waals surface area contributed by atoms with Crippen LogP contribution < -0.4 is 15.0 Å². The van der Waals surface area contributed by atoms with Crippen molar-refractivity contribution in [1.29, 1.82) is 0 Å². The Morgan fingerprint density at radius 1 is 1.37 bits per heavy atom. The highest BCUT2D eigenvalue weighted by molar-refractivity contribution is 7.99. The van der Waals surface area contributed by atoms with Crippen LogP contribution in [0.25, 0.3) is 0 Å². The van der Waals surface area contributed by atoms with Gasteiger partial charge in [0.2, 0.25) is 5.88 Å². The van der Waals surface area contributed by atoms with Gasteiger partial charge in [-0.15, -0.1) is 0 Å². The van der Waals surface area contributed by atoms with Crippen LogP contribution in [-0.4, -0.2) is 44.2 Å². The van der Waals surface area contributed by atoms with E-state index in [9.17, 15) is 0 Å². The molecule has 4 nitrogen and oxygen atoms in total. The number of thioether (sulfide) groups is 1. The monoisotopic (exact) mass is 301 g/mol. The molecule has 0 bridgehead atoms. The number of ether oxygens (including phenoxy) is 1. The summed E-state index contributed by atoms with van der Waals surface area (Å²) in [6.45, 7) is 1.97. The Morgan fingerprint density at radius 3 is 2.74 bits per heavy atom. The quantitative estimate of drug-likeness (QED) is 0.873. The van der Waals surface area contributed by atoms with Gasteiger partial charge in [0.15, 0.2) is 5.13 Å². The van der Waals surface area contributed by atoms with E-state index in [4.69, 9.17) is 4.74 Å². The number of aromatic nitrogens is 1. The summed E-state index contributed by atoms with van der Waals surface area (Å²) in [5, 5.41) is 4.56. The second kappa shape index (κ2) is 7.36. The normalized spacial score (nSPS) is 16.6. The van der Waals surface area contributed by atoms with Gasteiger partial charge in [0.25, 0.3) is 0 Å². The number of nitrogens with one attached hydrogen (secondary N) is 1. The number of rotatable bonds is 6. The fourth-order valence-corrected chi connectivity index (χ4v) is 4.25. The van der Waals surface area contributed by atoms with Gasteiger partial charge < -0.3 is 15.0 Å². The molecule has 2 rings (SSSR count). The molecule has 2 heterocycles. The zero-order chi connectivity index (χ0) is 13.7. The Kier molecular flexibility index (Phi) is 5.78. The summed E-state index contributed by atoms with van der Waals surface area (Å²) in [5.74, 6) is 4.25. The van der Waals surface area contributed by atoms with Crippen molar-refractivity contribution in [3.8, 4) is 5.88 Å². The molecular formula is C13H23N3OS2. The van der Waals surface area contributed by atoms with Crippen molar-refractivity contribution in [2.45, 2.75) is 19.4 Å². The smallest absolute Gasteiger partial charge is 0.230 e. The molecule has 1 saturated heterocycles. The van der Waals surface area contributed by atoms with Crippen molar-refractivity contribution >= 4 is 28.2 Å². The predicted octanol–water partition coefficient (Wildman–Crippen LogP) is 2.45. The van der Waals surface area contributed by atoms with Crippen LogP contribution in [0, 0.1) is 5.92 Å². The topological polar surface area (TPSA) is 37.4 Å². The van der Waals surface area contributed by atoms with Crippen LogP contribution in [0.3, 0.4) is 0 Å². The molecule has 1 N–H and O–H groups in total. The first-order valence-corrected chi connectivity index (χ1v) is 8.67. The average molecular weight is 301 g/mol. The Morgan fingerprint density at radius 2 is 2.11 bits per heavy atom. The molecule has 1 aliphatic rings. The molecule has 0 spiro atoms. The molecule has 108 valence electrons. The van der Waals surface area contributed by atoms with Crippen molar-refractivity contribution in [1.82, 2.24) is 10.3 Å². The van der Waals surface area contributed by atoms with Crippen LogP contribution in [0.15, 0.2) is 0 Å². The van der Waals surface area contributed by atoms with Gasteiger partial charge in [0, 0.05) is 20.6 Å². The molecule has 0 saturated carbocycles. The molecular weight excluding hydrogens is 278 g/mol. The first-order chi connectivity index (χ1) is 9.20. The van der Waals surface area contributed by atoms with E-state index in [0.29, 0.717) is 0 Å². The van der Waals surface area contributed by atoms with Crippen molar-refractivity contribution in [3.05, 3.63) is 4.88 Å². The zero-order valence-electron chi connectivity index (χ0n) is 11.9. The van der Waals surface area contributed by atoms with Gasteiger partial charge in [-0.2, -0.15) is 16.7 Å². The molecule has 0 aromatic carbocycles. The lowest BCUT2D eigenvalue weighted by atomic mass is 10.0. The van der Waals surface area contributed by atoms with Crippen LogP contribution in [-0.2, 0) is 6.54 Å². The van der Waals surface area contributed by atoms with E-state index in [1.165, 1.54) is 29.2 Å². The minimum Gasteiger partial charge on any atom is -0.480 e. The van der Waals surface area contributed by atoms with Gasteiger partial charge in [-0.1, -0.05) is 11.3 Å². The molecule has 1 aromatic heterocycles. The maximum Gasteiger partial charge on any atom is 0.230 e.